The zero-order chi connectivity index (χ0) is 21.5. The summed E-state index contributed by atoms with van der Waals surface area (Å²) < 4.78 is 1.90. The van der Waals surface area contributed by atoms with Gasteiger partial charge in [0.2, 0.25) is 11.8 Å². The van der Waals surface area contributed by atoms with Gasteiger partial charge in [0, 0.05) is 44.8 Å². The fourth-order valence-electron chi connectivity index (χ4n) is 4.96. The van der Waals surface area contributed by atoms with Crippen molar-refractivity contribution in [2.75, 3.05) is 36.0 Å². The monoisotopic (exact) mass is 440 g/mol. The molecule has 3 aliphatic heterocycles. The summed E-state index contributed by atoms with van der Waals surface area (Å²) >= 11 is 6.75. The Morgan fingerprint density at radius 2 is 1.61 bits per heavy atom. The van der Waals surface area contributed by atoms with Gasteiger partial charge in [0.1, 0.15) is 5.69 Å². The van der Waals surface area contributed by atoms with E-state index in [9.17, 15) is 14.4 Å². The fraction of sp³-hybridized carbons (Fsp3) is 0.435. The number of halogens is 1. The van der Waals surface area contributed by atoms with Crippen molar-refractivity contribution in [1.29, 1.82) is 0 Å². The number of hydrogen-bond donors (Lipinski definition) is 1. The van der Waals surface area contributed by atoms with Crippen LogP contribution in [0.5, 0.6) is 0 Å². The predicted molar refractivity (Wildman–Crippen MR) is 120 cm³/mol. The van der Waals surface area contributed by atoms with Crippen molar-refractivity contribution >= 4 is 34.8 Å². The van der Waals surface area contributed by atoms with Crippen LogP contribution in [0.4, 0.5) is 11.4 Å². The van der Waals surface area contributed by atoms with Crippen molar-refractivity contribution in [1.82, 2.24) is 9.88 Å². The summed E-state index contributed by atoms with van der Waals surface area (Å²) in [5.74, 6) is -0.915. The smallest absolute Gasteiger partial charge is 0.274 e. The molecule has 4 heterocycles. The molecule has 2 fully saturated rings. The van der Waals surface area contributed by atoms with Crippen LogP contribution in [0.2, 0.25) is 5.02 Å². The van der Waals surface area contributed by atoms with Gasteiger partial charge >= 0.3 is 0 Å². The van der Waals surface area contributed by atoms with Gasteiger partial charge in [-0.1, -0.05) is 23.7 Å². The molecule has 1 atom stereocenters. The van der Waals surface area contributed by atoms with Gasteiger partial charge in [-0.3, -0.25) is 19.7 Å². The highest BCUT2D eigenvalue weighted by Gasteiger charge is 2.31. The zero-order valence-electron chi connectivity index (χ0n) is 17.3. The van der Waals surface area contributed by atoms with Crippen molar-refractivity contribution in [3.8, 4) is 0 Å². The van der Waals surface area contributed by atoms with Gasteiger partial charge in [0.15, 0.2) is 0 Å². The second kappa shape index (κ2) is 8.04. The third kappa shape index (κ3) is 3.61. The van der Waals surface area contributed by atoms with Gasteiger partial charge in [0.25, 0.3) is 5.56 Å². The minimum atomic E-state index is -0.405. The van der Waals surface area contributed by atoms with E-state index in [0.717, 1.165) is 68.2 Å². The molecular weight excluding hydrogens is 416 g/mol. The number of amides is 2. The number of carbonyl (C=O) groups is 2. The minimum Gasteiger partial charge on any atom is -0.367 e. The van der Waals surface area contributed by atoms with Crippen molar-refractivity contribution < 1.29 is 9.59 Å². The van der Waals surface area contributed by atoms with Crippen LogP contribution in [-0.4, -0.2) is 42.6 Å². The highest BCUT2D eigenvalue weighted by molar-refractivity contribution is 6.34. The van der Waals surface area contributed by atoms with Crippen LogP contribution in [0, 0.1) is 0 Å². The second-order valence-corrected chi connectivity index (χ2v) is 8.81. The Morgan fingerprint density at radius 3 is 2.35 bits per heavy atom. The van der Waals surface area contributed by atoms with Gasteiger partial charge in [0.05, 0.1) is 16.6 Å². The molecule has 0 radical (unpaired) electrons. The van der Waals surface area contributed by atoms with E-state index in [-0.39, 0.29) is 17.4 Å². The molecule has 1 aromatic carbocycles. The number of hydrogen-bond acceptors (Lipinski definition) is 5. The van der Waals surface area contributed by atoms with E-state index in [2.05, 4.69) is 21.2 Å². The molecule has 0 aliphatic carbocycles. The van der Waals surface area contributed by atoms with Crippen LogP contribution in [0.1, 0.15) is 36.4 Å². The first kappa shape index (κ1) is 20.1. The molecule has 0 spiro atoms. The molecule has 3 aliphatic rings. The molecular formula is C23H25ClN4O3. The number of piperidine rings is 1. The molecule has 7 nitrogen and oxygen atoms in total. The number of nitrogens with zero attached hydrogens (tertiary/aromatic N) is 3. The van der Waals surface area contributed by atoms with Crippen LogP contribution < -0.4 is 20.7 Å². The first-order valence-corrected chi connectivity index (χ1v) is 11.3. The largest absolute Gasteiger partial charge is 0.367 e. The van der Waals surface area contributed by atoms with Gasteiger partial charge in [-0.05, 0) is 43.0 Å². The van der Waals surface area contributed by atoms with E-state index < -0.39 is 5.92 Å². The number of pyridine rings is 1. The van der Waals surface area contributed by atoms with E-state index >= 15 is 0 Å². The third-order valence-corrected chi connectivity index (χ3v) is 7.05. The Morgan fingerprint density at radius 1 is 0.871 bits per heavy atom. The third-order valence-electron chi connectivity index (χ3n) is 6.64. The van der Waals surface area contributed by atoms with E-state index in [1.807, 2.05) is 28.8 Å². The number of fused-ring (bicyclic) bond motifs is 1. The number of nitrogens with one attached hydrogen (secondary N) is 1. The molecule has 31 heavy (non-hydrogen) atoms. The SMILES string of the molecule is O=C1CCC(c2cccc(N3CCN(c4ccc5n(c4=O)CCC5)CC3)c2Cl)C(=O)N1. The second-order valence-electron chi connectivity index (χ2n) is 8.43. The number of aryl methyl sites for hydroxylation is 1. The molecule has 162 valence electrons. The number of imide groups is 1. The number of carbonyl (C=O) groups excluding carboxylic acids is 2. The molecule has 1 unspecified atom stereocenters. The maximum atomic E-state index is 12.9. The number of piperazine rings is 1. The number of benzene rings is 1. The lowest BCUT2D eigenvalue weighted by molar-refractivity contribution is -0.134. The fourth-order valence-corrected chi connectivity index (χ4v) is 5.33. The lowest BCUT2D eigenvalue weighted by Crippen LogP contribution is -2.48. The van der Waals surface area contributed by atoms with Gasteiger partial charge in [-0.15, -0.1) is 0 Å². The summed E-state index contributed by atoms with van der Waals surface area (Å²) in [5.41, 5.74) is 3.68. The van der Waals surface area contributed by atoms with Gasteiger partial charge in [-0.25, -0.2) is 0 Å². The standard InChI is InChI=1S/C23H25ClN4O3/c24-21-16(17-7-9-20(29)25-22(17)30)4-1-5-18(21)26-11-13-27(14-12-26)19-8-6-15-3-2-10-28(15)23(19)31/h1,4-6,8,17H,2-3,7,9-14H2,(H,25,29,30). The molecule has 2 amide bonds. The summed E-state index contributed by atoms with van der Waals surface area (Å²) in [6, 6.07) is 9.80. The first-order chi connectivity index (χ1) is 15.0. The summed E-state index contributed by atoms with van der Waals surface area (Å²) in [6.07, 6.45) is 2.82. The lowest BCUT2D eigenvalue weighted by Gasteiger charge is -2.38. The van der Waals surface area contributed by atoms with Crippen molar-refractivity contribution in [3.05, 3.63) is 57.0 Å². The van der Waals surface area contributed by atoms with E-state index in [1.165, 1.54) is 0 Å². The average Bonchev–Trinajstić information content (AvgIpc) is 3.25. The molecule has 5 rings (SSSR count). The molecule has 8 heteroatoms. The van der Waals surface area contributed by atoms with Gasteiger partial charge in [-0.2, -0.15) is 0 Å². The molecule has 0 bridgehead atoms. The minimum absolute atomic E-state index is 0.112. The van der Waals surface area contributed by atoms with E-state index in [0.29, 0.717) is 17.9 Å². The number of aromatic nitrogens is 1. The first-order valence-electron chi connectivity index (χ1n) is 10.9. The topological polar surface area (TPSA) is 74.7 Å². The maximum absolute atomic E-state index is 12.9. The quantitative estimate of drug-likeness (QED) is 0.741. The molecule has 1 N–H and O–H groups in total. The highest BCUT2D eigenvalue weighted by atomic mass is 35.5. The molecule has 2 saturated heterocycles. The van der Waals surface area contributed by atoms with Crippen molar-refractivity contribution in [2.45, 2.75) is 38.1 Å². The maximum Gasteiger partial charge on any atom is 0.274 e. The Kier molecular flexibility index (Phi) is 5.22. The summed E-state index contributed by atoms with van der Waals surface area (Å²) in [6.45, 7) is 3.74. The Balaban J connectivity index is 1.33. The normalized spacial score (nSPS) is 21.3. The van der Waals surface area contributed by atoms with Crippen LogP contribution >= 0.6 is 11.6 Å². The Labute approximate surface area is 185 Å². The molecule has 0 saturated carbocycles. The number of anilines is 2. The average molecular weight is 441 g/mol. The highest BCUT2D eigenvalue weighted by Crippen LogP contribution is 2.37. The summed E-state index contributed by atoms with van der Waals surface area (Å²) in [7, 11) is 0. The van der Waals surface area contributed by atoms with Crippen LogP contribution in [0.25, 0.3) is 0 Å². The van der Waals surface area contributed by atoms with Crippen LogP contribution in [-0.2, 0) is 22.6 Å². The number of rotatable bonds is 3. The summed E-state index contributed by atoms with van der Waals surface area (Å²) in [5, 5.41) is 2.98. The van der Waals surface area contributed by atoms with E-state index in [4.69, 9.17) is 11.6 Å². The molecule has 2 aromatic rings. The van der Waals surface area contributed by atoms with E-state index in [1.54, 1.807) is 0 Å². The van der Waals surface area contributed by atoms with Crippen molar-refractivity contribution in [3.63, 3.8) is 0 Å². The van der Waals surface area contributed by atoms with Crippen LogP contribution in [0.3, 0.4) is 0 Å². The predicted octanol–water partition coefficient (Wildman–Crippen LogP) is 2.29. The van der Waals surface area contributed by atoms with Crippen LogP contribution in [0.15, 0.2) is 35.1 Å². The molecule has 1 aromatic heterocycles. The lowest BCUT2D eigenvalue weighted by atomic mass is 9.90. The van der Waals surface area contributed by atoms with Crippen molar-refractivity contribution in [2.24, 2.45) is 0 Å². The summed E-state index contributed by atoms with van der Waals surface area (Å²) in [4.78, 5) is 41.0. The van der Waals surface area contributed by atoms with Gasteiger partial charge < -0.3 is 14.4 Å². The Hall–Kier alpha value is -2.80. The Bertz CT molecular complexity index is 1100. The zero-order valence-corrected chi connectivity index (χ0v) is 18.0.